The van der Waals surface area contributed by atoms with E-state index in [-0.39, 0.29) is 0 Å². The Hall–Kier alpha value is -7.14. The van der Waals surface area contributed by atoms with Crippen molar-refractivity contribution in [3.63, 3.8) is 0 Å². The lowest BCUT2D eigenvalue weighted by atomic mass is 10.00. The number of rotatable bonds is 4. The van der Waals surface area contributed by atoms with Crippen molar-refractivity contribution in [3.8, 4) is 45.9 Å². The maximum absolute atomic E-state index is 11.0. The van der Waals surface area contributed by atoms with E-state index in [9.17, 15) is 5.26 Å². The van der Waals surface area contributed by atoms with Gasteiger partial charge >= 0.3 is 0 Å². The molecule has 0 amide bonds. The van der Waals surface area contributed by atoms with Crippen LogP contribution in [0.5, 0.6) is 0 Å². The number of hydrogen-bond donors (Lipinski definition) is 0. The molecule has 6 nitrogen and oxygen atoms in total. The Bertz CT molecular complexity index is 3240. The van der Waals surface area contributed by atoms with Gasteiger partial charge in [0.25, 0.3) is 0 Å². The zero-order valence-corrected chi connectivity index (χ0v) is 28.8. The molecule has 0 radical (unpaired) electrons. The molecule has 4 aromatic heterocycles. The quantitative estimate of drug-likeness (QED) is 0.183. The fourth-order valence-corrected chi connectivity index (χ4v) is 8.85. The highest BCUT2D eigenvalue weighted by Gasteiger charge is 2.26. The third kappa shape index (κ3) is 4.46. The van der Waals surface area contributed by atoms with Gasteiger partial charge in [0.2, 0.25) is 0 Å². The van der Waals surface area contributed by atoms with E-state index in [4.69, 9.17) is 19.4 Å². The molecule has 0 saturated carbocycles. The number of fused-ring (bicyclic) bond motifs is 9. The molecule has 7 heteroatoms. The first kappa shape index (κ1) is 29.6. The highest BCUT2D eigenvalue weighted by Crippen LogP contribution is 2.45. The Balaban J connectivity index is 1.26. The van der Waals surface area contributed by atoms with Crippen LogP contribution in [0.25, 0.3) is 104 Å². The SMILES string of the molecule is N#Cc1cc(-c2nc(-c3ccccc3)nc(-c3ccccc3)n2)c2c(oc3ccccc32)c1-n1c2ccccc2c2cc3c(cc21)sc1ccccc13. The summed E-state index contributed by atoms with van der Waals surface area (Å²) in [5.41, 5.74) is 6.91. The molecule has 0 atom stereocenters. The number of nitrogens with zero attached hydrogens (tertiary/aromatic N) is 5. The van der Waals surface area contributed by atoms with Crippen molar-refractivity contribution >= 4 is 75.3 Å². The summed E-state index contributed by atoms with van der Waals surface area (Å²) in [5.74, 6) is 1.56. The number of benzene rings is 7. The van der Waals surface area contributed by atoms with Gasteiger partial charge in [-0.1, -0.05) is 115 Å². The van der Waals surface area contributed by atoms with Gasteiger partial charge in [-0.2, -0.15) is 5.26 Å². The number of furan rings is 1. The van der Waals surface area contributed by atoms with Gasteiger partial charge in [-0.25, -0.2) is 15.0 Å². The van der Waals surface area contributed by atoms with E-state index < -0.39 is 0 Å². The molecule has 0 aliphatic rings. The minimum atomic E-state index is 0.452. The summed E-state index contributed by atoms with van der Waals surface area (Å²) < 4.78 is 11.5. The lowest BCUT2D eigenvalue weighted by Crippen LogP contribution is -2.03. The molecule has 4 heterocycles. The van der Waals surface area contributed by atoms with Crippen molar-refractivity contribution in [3.05, 3.63) is 157 Å². The van der Waals surface area contributed by atoms with E-state index in [1.807, 2.05) is 91.0 Å². The maximum Gasteiger partial charge on any atom is 0.164 e. The highest BCUT2D eigenvalue weighted by atomic mass is 32.1. The Morgan fingerprint density at radius 3 is 1.89 bits per heavy atom. The lowest BCUT2D eigenvalue weighted by molar-refractivity contribution is 0.666. The van der Waals surface area contributed by atoms with Gasteiger partial charge in [-0.05, 0) is 36.4 Å². The molecule has 7 aromatic carbocycles. The number of aromatic nitrogens is 4. The van der Waals surface area contributed by atoms with Crippen LogP contribution in [0.2, 0.25) is 0 Å². The van der Waals surface area contributed by atoms with Crippen LogP contribution in [0.1, 0.15) is 5.56 Å². The fourth-order valence-electron chi connectivity index (χ4n) is 7.73. The molecule has 0 spiro atoms. The van der Waals surface area contributed by atoms with Gasteiger partial charge in [0.1, 0.15) is 17.3 Å². The summed E-state index contributed by atoms with van der Waals surface area (Å²) in [6.45, 7) is 0. The average Bonchev–Trinajstić information content (AvgIpc) is 3.89. The molecule has 11 aromatic rings. The Morgan fingerprint density at radius 1 is 0.528 bits per heavy atom. The van der Waals surface area contributed by atoms with Crippen LogP contribution in [0, 0.1) is 11.3 Å². The average molecular weight is 696 g/mol. The number of thiophene rings is 1. The van der Waals surface area contributed by atoms with Gasteiger partial charge in [0, 0.05) is 58.4 Å². The standard InChI is InChI=1S/C46H25N5OS/c47-26-29-23-35(46-49-44(27-13-3-1-4-14-27)48-45(50-46)28-15-5-2-6-16-28)41-32-19-8-11-21-38(32)52-43(41)42(29)51-36-20-10-7-17-30(36)33-24-34-31-18-9-12-22-39(31)53-40(34)25-37(33)51/h1-25H. The summed E-state index contributed by atoms with van der Waals surface area (Å²) >= 11 is 1.78. The lowest BCUT2D eigenvalue weighted by Gasteiger charge is -2.14. The van der Waals surface area contributed by atoms with Crippen LogP contribution < -0.4 is 0 Å². The first-order chi connectivity index (χ1) is 26.2. The molecule has 0 unspecified atom stereocenters. The molecule has 0 saturated heterocycles. The number of para-hydroxylation sites is 2. The second kappa shape index (κ2) is 11.4. The molecule has 53 heavy (non-hydrogen) atoms. The van der Waals surface area contributed by atoms with Crippen molar-refractivity contribution < 1.29 is 4.42 Å². The van der Waals surface area contributed by atoms with Crippen molar-refractivity contribution in [2.45, 2.75) is 0 Å². The fraction of sp³-hybridized carbons (Fsp3) is 0. The monoisotopic (exact) mass is 695 g/mol. The smallest absolute Gasteiger partial charge is 0.164 e. The summed E-state index contributed by atoms with van der Waals surface area (Å²) in [7, 11) is 0. The van der Waals surface area contributed by atoms with E-state index in [0.29, 0.717) is 45.5 Å². The minimum absolute atomic E-state index is 0.452. The van der Waals surface area contributed by atoms with Crippen molar-refractivity contribution in [1.82, 2.24) is 19.5 Å². The van der Waals surface area contributed by atoms with Crippen LogP contribution in [0.15, 0.2) is 156 Å². The predicted molar refractivity (Wildman–Crippen MR) is 215 cm³/mol. The normalized spacial score (nSPS) is 11.8. The molecule has 0 aliphatic heterocycles. The van der Waals surface area contributed by atoms with E-state index in [1.165, 1.54) is 20.2 Å². The van der Waals surface area contributed by atoms with Gasteiger partial charge in [-0.15, -0.1) is 11.3 Å². The third-order valence-corrected chi connectivity index (χ3v) is 11.2. The summed E-state index contributed by atoms with van der Waals surface area (Å²) in [4.78, 5) is 15.1. The molecule has 0 aliphatic carbocycles. The molecule has 246 valence electrons. The Labute approximate surface area is 306 Å². The first-order valence-electron chi connectivity index (χ1n) is 17.3. The van der Waals surface area contributed by atoms with E-state index in [1.54, 1.807) is 11.3 Å². The molecule has 0 N–H and O–H groups in total. The Morgan fingerprint density at radius 2 is 1.15 bits per heavy atom. The maximum atomic E-state index is 11.0. The third-order valence-electron chi connectivity index (χ3n) is 10.1. The highest BCUT2D eigenvalue weighted by molar-refractivity contribution is 7.25. The van der Waals surface area contributed by atoms with Gasteiger partial charge < -0.3 is 8.98 Å². The molecular weight excluding hydrogens is 671 g/mol. The number of nitriles is 1. The minimum Gasteiger partial charge on any atom is -0.454 e. The second-order valence-corrected chi connectivity index (χ2v) is 14.2. The van der Waals surface area contributed by atoms with Gasteiger partial charge in [0.15, 0.2) is 23.1 Å². The van der Waals surface area contributed by atoms with Gasteiger partial charge in [-0.3, -0.25) is 0 Å². The molecule has 11 rings (SSSR count). The van der Waals surface area contributed by atoms with E-state index in [2.05, 4.69) is 71.3 Å². The molecule has 0 bridgehead atoms. The van der Waals surface area contributed by atoms with Gasteiger partial charge in [0.05, 0.1) is 16.6 Å². The van der Waals surface area contributed by atoms with Crippen LogP contribution in [-0.4, -0.2) is 19.5 Å². The second-order valence-electron chi connectivity index (χ2n) is 13.1. The number of hydrogen-bond acceptors (Lipinski definition) is 6. The zero-order chi connectivity index (χ0) is 35.0. The summed E-state index contributed by atoms with van der Waals surface area (Å²) in [6.07, 6.45) is 0. The van der Waals surface area contributed by atoms with Crippen LogP contribution >= 0.6 is 11.3 Å². The summed E-state index contributed by atoms with van der Waals surface area (Å²) in [6, 6.07) is 53.9. The topological polar surface area (TPSA) is 80.5 Å². The predicted octanol–water partition coefficient (Wildman–Crippen LogP) is 12.1. The molecular formula is C46H25N5OS. The van der Waals surface area contributed by atoms with Crippen molar-refractivity contribution in [2.24, 2.45) is 0 Å². The van der Waals surface area contributed by atoms with E-state index >= 15 is 0 Å². The summed E-state index contributed by atoms with van der Waals surface area (Å²) in [5, 5.41) is 17.5. The van der Waals surface area contributed by atoms with Crippen molar-refractivity contribution in [2.75, 3.05) is 0 Å². The molecule has 0 fully saturated rings. The van der Waals surface area contributed by atoms with E-state index in [0.717, 1.165) is 43.7 Å². The zero-order valence-electron chi connectivity index (χ0n) is 28.0. The van der Waals surface area contributed by atoms with Crippen LogP contribution in [0.3, 0.4) is 0 Å². The largest absolute Gasteiger partial charge is 0.454 e. The first-order valence-corrected chi connectivity index (χ1v) is 18.2. The Kier molecular flexibility index (Phi) is 6.38. The van der Waals surface area contributed by atoms with Crippen molar-refractivity contribution in [1.29, 1.82) is 5.26 Å². The van der Waals surface area contributed by atoms with Crippen LogP contribution in [0.4, 0.5) is 0 Å². The van der Waals surface area contributed by atoms with Crippen LogP contribution in [-0.2, 0) is 0 Å².